The highest BCUT2D eigenvalue weighted by molar-refractivity contribution is 5.83. The van der Waals surface area contributed by atoms with Crippen LogP contribution in [-0.2, 0) is 14.4 Å². The molecule has 0 aliphatic rings. The van der Waals surface area contributed by atoms with E-state index in [1.807, 2.05) is 0 Å². The van der Waals surface area contributed by atoms with Crippen molar-refractivity contribution in [3.63, 3.8) is 0 Å². The molecule has 0 saturated heterocycles. The van der Waals surface area contributed by atoms with E-state index in [2.05, 4.69) is 10.3 Å². The van der Waals surface area contributed by atoms with Crippen LogP contribution in [0.2, 0.25) is 0 Å². The van der Waals surface area contributed by atoms with Crippen LogP contribution in [0.5, 0.6) is 0 Å². The summed E-state index contributed by atoms with van der Waals surface area (Å²) in [6.45, 7) is 2.95. The maximum Gasteiger partial charge on any atom is 0.309 e. The monoisotopic (exact) mass is 175 g/mol. The molecular formula is C7H13NO4. The number of amides is 1. The van der Waals surface area contributed by atoms with E-state index in [0.717, 1.165) is 0 Å². The van der Waals surface area contributed by atoms with Crippen LogP contribution in [0.4, 0.5) is 0 Å². The van der Waals surface area contributed by atoms with E-state index in [0.29, 0.717) is 0 Å². The molecule has 0 aliphatic carbocycles. The van der Waals surface area contributed by atoms with Crippen molar-refractivity contribution in [2.75, 3.05) is 7.11 Å². The highest BCUT2D eigenvalue weighted by atomic mass is 16.6. The lowest BCUT2D eigenvalue weighted by molar-refractivity contribution is -0.151. The SMILES string of the molecule is CONC(=O)CC(C)(C)C(=O)O. The summed E-state index contributed by atoms with van der Waals surface area (Å²) in [6.07, 6.45) is -0.101. The third kappa shape index (κ3) is 3.34. The topological polar surface area (TPSA) is 75.6 Å². The Morgan fingerprint density at radius 2 is 2.00 bits per heavy atom. The molecule has 0 aromatic carbocycles. The molecule has 0 radical (unpaired) electrons. The van der Waals surface area contributed by atoms with Crippen LogP contribution in [0.15, 0.2) is 0 Å². The fraction of sp³-hybridized carbons (Fsp3) is 0.714. The quantitative estimate of drug-likeness (QED) is 0.597. The van der Waals surface area contributed by atoms with E-state index < -0.39 is 17.3 Å². The van der Waals surface area contributed by atoms with Crippen molar-refractivity contribution < 1.29 is 19.5 Å². The van der Waals surface area contributed by atoms with Crippen LogP contribution < -0.4 is 5.48 Å². The van der Waals surface area contributed by atoms with Gasteiger partial charge < -0.3 is 5.11 Å². The molecule has 0 saturated carbocycles. The van der Waals surface area contributed by atoms with E-state index >= 15 is 0 Å². The fourth-order valence-electron chi connectivity index (χ4n) is 0.627. The fourth-order valence-corrected chi connectivity index (χ4v) is 0.627. The average molecular weight is 175 g/mol. The summed E-state index contributed by atoms with van der Waals surface area (Å²) in [7, 11) is 1.30. The summed E-state index contributed by atoms with van der Waals surface area (Å²) >= 11 is 0. The molecule has 0 atom stereocenters. The van der Waals surface area contributed by atoms with E-state index in [1.54, 1.807) is 0 Å². The van der Waals surface area contributed by atoms with Gasteiger partial charge in [0.05, 0.1) is 12.5 Å². The van der Waals surface area contributed by atoms with Crippen molar-refractivity contribution in [2.45, 2.75) is 20.3 Å². The number of nitrogens with one attached hydrogen (secondary N) is 1. The van der Waals surface area contributed by atoms with Crippen molar-refractivity contribution in [2.24, 2.45) is 5.41 Å². The zero-order chi connectivity index (χ0) is 9.78. The predicted molar refractivity (Wildman–Crippen MR) is 41.2 cm³/mol. The zero-order valence-corrected chi connectivity index (χ0v) is 7.38. The minimum absolute atomic E-state index is 0.101. The first-order valence-corrected chi connectivity index (χ1v) is 3.45. The van der Waals surface area contributed by atoms with E-state index in [1.165, 1.54) is 21.0 Å². The maximum atomic E-state index is 10.9. The smallest absolute Gasteiger partial charge is 0.309 e. The van der Waals surface area contributed by atoms with Crippen molar-refractivity contribution in [3.8, 4) is 0 Å². The number of aliphatic carboxylic acids is 1. The lowest BCUT2D eigenvalue weighted by Crippen LogP contribution is -2.32. The second kappa shape index (κ2) is 4.06. The van der Waals surface area contributed by atoms with Crippen molar-refractivity contribution in [1.29, 1.82) is 0 Å². The zero-order valence-electron chi connectivity index (χ0n) is 7.38. The van der Waals surface area contributed by atoms with Crippen molar-refractivity contribution in [3.05, 3.63) is 0 Å². The van der Waals surface area contributed by atoms with Gasteiger partial charge in [-0.1, -0.05) is 0 Å². The van der Waals surface area contributed by atoms with E-state index in [9.17, 15) is 9.59 Å². The first-order valence-electron chi connectivity index (χ1n) is 3.45. The number of rotatable bonds is 4. The van der Waals surface area contributed by atoms with E-state index in [4.69, 9.17) is 5.11 Å². The largest absolute Gasteiger partial charge is 0.481 e. The number of hydroxylamine groups is 1. The van der Waals surface area contributed by atoms with Crippen LogP contribution in [0.25, 0.3) is 0 Å². The third-order valence-electron chi connectivity index (χ3n) is 1.40. The molecule has 12 heavy (non-hydrogen) atoms. The van der Waals surface area contributed by atoms with Gasteiger partial charge in [-0.3, -0.25) is 14.4 Å². The Morgan fingerprint density at radius 3 is 2.33 bits per heavy atom. The summed E-state index contributed by atoms with van der Waals surface area (Å²) in [5.41, 5.74) is 1.00. The predicted octanol–water partition coefficient (Wildman–Crippen LogP) is 0.165. The van der Waals surface area contributed by atoms with Gasteiger partial charge in [-0.05, 0) is 13.8 Å². The molecule has 2 N–H and O–H groups in total. The Balaban J connectivity index is 4.06. The Hall–Kier alpha value is -1.10. The van der Waals surface area contributed by atoms with E-state index in [-0.39, 0.29) is 6.42 Å². The number of hydrogen-bond acceptors (Lipinski definition) is 3. The Labute approximate surface area is 70.7 Å². The minimum atomic E-state index is -1.05. The summed E-state index contributed by atoms with van der Waals surface area (Å²) in [4.78, 5) is 25.7. The highest BCUT2D eigenvalue weighted by Crippen LogP contribution is 2.19. The molecule has 0 aliphatic heterocycles. The van der Waals surface area contributed by atoms with Gasteiger partial charge in [-0.15, -0.1) is 0 Å². The molecule has 0 spiro atoms. The van der Waals surface area contributed by atoms with Gasteiger partial charge in [-0.25, -0.2) is 5.48 Å². The molecule has 0 aromatic heterocycles. The second-order valence-corrected chi connectivity index (χ2v) is 3.10. The van der Waals surface area contributed by atoms with Crippen LogP contribution in [0.3, 0.4) is 0 Å². The Kier molecular flexibility index (Phi) is 3.69. The average Bonchev–Trinajstić information content (AvgIpc) is 1.85. The number of carbonyl (C=O) groups excluding carboxylic acids is 1. The lowest BCUT2D eigenvalue weighted by atomic mass is 9.89. The molecule has 5 heteroatoms. The molecule has 0 aromatic rings. The first kappa shape index (κ1) is 10.9. The molecular weight excluding hydrogens is 162 g/mol. The molecule has 0 fully saturated rings. The van der Waals surface area contributed by atoms with Crippen molar-refractivity contribution >= 4 is 11.9 Å². The van der Waals surface area contributed by atoms with Gasteiger partial charge in [0.1, 0.15) is 0 Å². The standard InChI is InChI=1S/C7H13NO4/c1-7(2,6(10)11)4-5(9)8-12-3/h4H2,1-3H3,(H,8,9)(H,10,11). The lowest BCUT2D eigenvalue weighted by Gasteiger charge is -2.17. The van der Waals surface area contributed by atoms with Crippen LogP contribution in [0, 0.1) is 5.41 Å². The molecule has 0 unspecified atom stereocenters. The third-order valence-corrected chi connectivity index (χ3v) is 1.40. The first-order chi connectivity index (χ1) is 5.40. The minimum Gasteiger partial charge on any atom is -0.481 e. The van der Waals surface area contributed by atoms with Gasteiger partial charge in [0.15, 0.2) is 0 Å². The molecule has 1 amide bonds. The second-order valence-electron chi connectivity index (χ2n) is 3.10. The van der Waals surface area contributed by atoms with Crippen LogP contribution >= 0.6 is 0 Å². The summed E-state index contributed by atoms with van der Waals surface area (Å²) in [5.74, 6) is -1.45. The summed E-state index contributed by atoms with van der Waals surface area (Å²) in [6, 6.07) is 0. The Bertz CT molecular complexity index is 188. The number of carboxylic acids is 1. The number of carboxylic acid groups (broad SMARTS) is 1. The van der Waals surface area contributed by atoms with Crippen LogP contribution in [0.1, 0.15) is 20.3 Å². The molecule has 0 bridgehead atoms. The summed E-state index contributed by atoms with van der Waals surface area (Å²) < 4.78 is 0. The molecule has 0 rings (SSSR count). The maximum absolute atomic E-state index is 10.9. The normalized spacial score (nSPS) is 10.9. The number of hydrogen-bond donors (Lipinski definition) is 2. The van der Waals surface area contributed by atoms with Gasteiger partial charge in [-0.2, -0.15) is 0 Å². The molecule has 5 nitrogen and oxygen atoms in total. The van der Waals surface area contributed by atoms with Gasteiger partial charge in [0.2, 0.25) is 5.91 Å². The number of carbonyl (C=O) groups is 2. The van der Waals surface area contributed by atoms with Gasteiger partial charge in [0, 0.05) is 6.42 Å². The summed E-state index contributed by atoms with van der Waals surface area (Å²) in [5, 5.41) is 8.64. The van der Waals surface area contributed by atoms with Crippen molar-refractivity contribution in [1.82, 2.24) is 5.48 Å². The molecule has 70 valence electrons. The van der Waals surface area contributed by atoms with Crippen LogP contribution in [-0.4, -0.2) is 24.1 Å². The van der Waals surface area contributed by atoms with Gasteiger partial charge >= 0.3 is 5.97 Å². The Morgan fingerprint density at radius 1 is 1.50 bits per heavy atom. The molecule has 0 heterocycles. The van der Waals surface area contributed by atoms with Gasteiger partial charge in [0.25, 0.3) is 0 Å². The highest BCUT2D eigenvalue weighted by Gasteiger charge is 2.29.